The Hall–Kier alpha value is -1.54. The number of benzene rings is 1. The molecule has 2 aliphatic heterocycles. The fourth-order valence-electron chi connectivity index (χ4n) is 3.47. The molecule has 3 rings (SSSR count). The van der Waals surface area contributed by atoms with Gasteiger partial charge in [0.15, 0.2) is 5.79 Å². The number of aliphatic hydroxyl groups is 1. The molecule has 7 nitrogen and oxygen atoms in total. The molecule has 0 aliphatic carbocycles. The highest BCUT2D eigenvalue weighted by Gasteiger charge is 2.54. The second kappa shape index (κ2) is 6.16. The molecule has 2 heterocycles. The van der Waals surface area contributed by atoms with E-state index in [1.54, 1.807) is 13.8 Å². The summed E-state index contributed by atoms with van der Waals surface area (Å²) in [6.07, 6.45) is -1.77. The molecule has 23 heavy (non-hydrogen) atoms. The molecule has 0 amide bonds. The van der Waals surface area contributed by atoms with Gasteiger partial charge in [-0.25, -0.2) is 0 Å². The zero-order valence-electron chi connectivity index (χ0n) is 13.3. The van der Waals surface area contributed by atoms with Crippen LogP contribution in [-0.2, 0) is 16.0 Å². The van der Waals surface area contributed by atoms with Crippen LogP contribution in [0.3, 0.4) is 0 Å². The molecule has 2 aliphatic rings. The smallest absolute Gasteiger partial charge is 0.221 e. The van der Waals surface area contributed by atoms with E-state index < -0.39 is 30.1 Å². The summed E-state index contributed by atoms with van der Waals surface area (Å²) in [5, 5.41) is 21.5. The third-order valence-corrected chi connectivity index (χ3v) is 4.38. The van der Waals surface area contributed by atoms with Gasteiger partial charge in [-0.15, -0.1) is 0 Å². The minimum absolute atomic E-state index is 0.236. The van der Waals surface area contributed by atoms with Gasteiger partial charge in [-0.3, -0.25) is 15.0 Å². The van der Waals surface area contributed by atoms with Gasteiger partial charge in [0.25, 0.3) is 0 Å². The predicted molar refractivity (Wildman–Crippen MR) is 82.3 cm³/mol. The monoisotopic (exact) mass is 322 g/mol. The Kier molecular flexibility index (Phi) is 4.37. The molecule has 0 bridgehead atoms. The first-order chi connectivity index (χ1) is 10.9. The van der Waals surface area contributed by atoms with Gasteiger partial charge < -0.3 is 14.6 Å². The molecular weight excluding hydrogens is 300 g/mol. The summed E-state index contributed by atoms with van der Waals surface area (Å²) in [4.78, 5) is 12.7. The van der Waals surface area contributed by atoms with Gasteiger partial charge in [0.2, 0.25) is 6.54 Å². The van der Waals surface area contributed by atoms with Crippen molar-refractivity contribution in [3.05, 3.63) is 46.0 Å². The Labute approximate surface area is 135 Å². The van der Waals surface area contributed by atoms with Crippen LogP contribution in [0.1, 0.15) is 19.4 Å². The first kappa shape index (κ1) is 16.3. The summed E-state index contributed by atoms with van der Waals surface area (Å²) in [5.74, 6) is -0.839. The van der Waals surface area contributed by atoms with Gasteiger partial charge in [0.1, 0.15) is 18.2 Å². The molecule has 0 aromatic heterocycles. The van der Waals surface area contributed by atoms with Crippen LogP contribution in [0.2, 0.25) is 0 Å². The Morgan fingerprint density at radius 2 is 1.96 bits per heavy atom. The van der Waals surface area contributed by atoms with Crippen LogP contribution in [0.25, 0.3) is 0 Å². The lowest BCUT2D eigenvalue weighted by Gasteiger charge is -2.41. The Balaban J connectivity index is 1.84. The fourth-order valence-corrected chi connectivity index (χ4v) is 3.47. The van der Waals surface area contributed by atoms with Gasteiger partial charge in [-0.1, -0.05) is 30.3 Å². The van der Waals surface area contributed by atoms with Crippen LogP contribution in [-0.4, -0.2) is 58.2 Å². The highest BCUT2D eigenvalue weighted by molar-refractivity contribution is 5.15. The lowest BCUT2D eigenvalue weighted by Crippen LogP contribution is -2.61. The number of likely N-dealkylation sites (tertiary alicyclic amines) is 1. The second-order valence-electron chi connectivity index (χ2n) is 6.63. The largest absolute Gasteiger partial charge is 0.389 e. The maximum Gasteiger partial charge on any atom is 0.221 e. The maximum atomic E-state index is 11.1. The molecule has 0 unspecified atom stereocenters. The first-order valence-electron chi connectivity index (χ1n) is 7.79. The fraction of sp³-hybridized carbons (Fsp3) is 0.625. The van der Waals surface area contributed by atoms with Gasteiger partial charge in [-0.2, -0.15) is 0 Å². The number of aliphatic hydroxyl groups excluding tert-OH is 1. The zero-order chi connectivity index (χ0) is 16.6. The van der Waals surface area contributed by atoms with Gasteiger partial charge in [0, 0.05) is 18.0 Å². The van der Waals surface area contributed by atoms with Crippen molar-refractivity contribution in [3.8, 4) is 0 Å². The lowest BCUT2D eigenvalue weighted by atomic mass is 9.93. The average molecular weight is 322 g/mol. The molecule has 0 radical (unpaired) electrons. The lowest BCUT2D eigenvalue weighted by molar-refractivity contribution is -0.490. The van der Waals surface area contributed by atoms with Gasteiger partial charge in [0.05, 0.1) is 6.10 Å². The second-order valence-corrected chi connectivity index (χ2v) is 6.63. The summed E-state index contributed by atoms with van der Waals surface area (Å²) in [7, 11) is 0. The van der Waals surface area contributed by atoms with Crippen LogP contribution < -0.4 is 0 Å². The molecule has 7 heteroatoms. The van der Waals surface area contributed by atoms with E-state index in [0.29, 0.717) is 13.1 Å². The van der Waals surface area contributed by atoms with Crippen molar-refractivity contribution in [2.75, 3.05) is 13.1 Å². The third kappa shape index (κ3) is 3.53. The van der Waals surface area contributed by atoms with Crippen molar-refractivity contribution in [2.24, 2.45) is 0 Å². The first-order valence-corrected chi connectivity index (χ1v) is 7.79. The number of piperidine rings is 1. The van der Waals surface area contributed by atoms with Crippen LogP contribution in [0.15, 0.2) is 30.3 Å². The number of fused-ring (bicyclic) bond motifs is 1. The van der Waals surface area contributed by atoms with Crippen molar-refractivity contribution in [1.29, 1.82) is 0 Å². The number of β-amino-alcohol motifs (C(OH)–C–C–N with tert-alkyl or cyclic N) is 1. The van der Waals surface area contributed by atoms with Crippen molar-refractivity contribution >= 4 is 0 Å². The highest BCUT2D eigenvalue weighted by Crippen LogP contribution is 2.37. The Morgan fingerprint density at radius 1 is 1.30 bits per heavy atom. The molecule has 126 valence electrons. The van der Waals surface area contributed by atoms with E-state index >= 15 is 0 Å². The molecule has 1 N–H and O–H groups in total. The van der Waals surface area contributed by atoms with Crippen molar-refractivity contribution < 1.29 is 19.5 Å². The minimum Gasteiger partial charge on any atom is -0.389 e. The Morgan fingerprint density at radius 3 is 2.61 bits per heavy atom. The van der Waals surface area contributed by atoms with E-state index in [1.807, 2.05) is 35.2 Å². The summed E-state index contributed by atoms with van der Waals surface area (Å²) >= 11 is 0. The topological polar surface area (TPSA) is 85.1 Å². The average Bonchev–Trinajstić information content (AvgIpc) is 2.80. The standard InChI is InChI=1S/C16H22N2O5/c1-16(2)22-14-12(9-18(20)21)17(10-13(19)15(14)23-16)8-11-6-4-3-5-7-11/h3-7,12-15,19H,8-10H2,1-2H3/t12-,13+,14-,15+/m0/s1. The van der Waals surface area contributed by atoms with Crippen molar-refractivity contribution in [3.63, 3.8) is 0 Å². The predicted octanol–water partition coefficient (Wildman–Crippen LogP) is 1.03. The quantitative estimate of drug-likeness (QED) is 0.658. The third-order valence-electron chi connectivity index (χ3n) is 4.38. The number of ether oxygens (including phenoxy) is 2. The summed E-state index contributed by atoms with van der Waals surface area (Å²) in [5.41, 5.74) is 1.05. The highest BCUT2D eigenvalue weighted by atomic mass is 16.8. The molecule has 2 saturated heterocycles. The molecular formula is C16H22N2O5. The number of hydrogen-bond donors (Lipinski definition) is 1. The van der Waals surface area contributed by atoms with E-state index in [2.05, 4.69) is 0 Å². The van der Waals surface area contributed by atoms with E-state index in [4.69, 9.17) is 9.47 Å². The van der Waals surface area contributed by atoms with Crippen molar-refractivity contribution in [1.82, 2.24) is 4.90 Å². The maximum absolute atomic E-state index is 11.1. The van der Waals surface area contributed by atoms with Crippen LogP contribution in [0.4, 0.5) is 0 Å². The van der Waals surface area contributed by atoms with E-state index in [0.717, 1.165) is 5.56 Å². The molecule has 1 aromatic carbocycles. The summed E-state index contributed by atoms with van der Waals surface area (Å²) in [6.45, 7) is 4.16. The van der Waals surface area contributed by atoms with Crippen LogP contribution in [0.5, 0.6) is 0 Å². The number of hydrogen-bond acceptors (Lipinski definition) is 6. The molecule has 0 saturated carbocycles. The van der Waals surface area contributed by atoms with Crippen LogP contribution >= 0.6 is 0 Å². The minimum atomic E-state index is -0.839. The molecule has 0 spiro atoms. The zero-order valence-corrected chi connectivity index (χ0v) is 13.3. The van der Waals surface area contributed by atoms with E-state index in [-0.39, 0.29) is 11.5 Å². The molecule has 4 atom stereocenters. The van der Waals surface area contributed by atoms with Gasteiger partial charge >= 0.3 is 0 Å². The van der Waals surface area contributed by atoms with E-state index in [1.165, 1.54) is 0 Å². The number of nitrogens with zero attached hydrogens (tertiary/aromatic N) is 2. The van der Waals surface area contributed by atoms with Crippen molar-refractivity contribution in [2.45, 2.75) is 50.5 Å². The summed E-state index contributed by atoms with van der Waals surface area (Å²) in [6, 6.07) is 9.30. The SMILES string of the molecule is CC1(C)O[C@@H]2[C@H](O1)[C@H](O)CN(Cc1ccccc1)[C@H]2C[N+](=O)[O-]. The van der Waals surface area contributed by atoms with Crippen LogP contribution in [0, 0.1) is 10.1 Å². The van der Waals surface area contributed by atoms with Gasteiger partial charge in [-0.05, 0) is 19.4 Å². The number of rotatable bonds is 4. The molecule has 1 aromatic rings. The summed E-state index contributed by atoms with van der Waals surface area (Å²) < 4.78 is 11.6. The Bertz CT molecular complexity index is 565. The molecule has 2 fully saturated rings. The van der Waals surface area contributed by atoms with E-state index in [9.17, 15) is 15.2 Å². The normalized spacial score (nSPS) is 33.3. The number of nitro groups is 1.